The van der Waals surface area contributed by atoms with Crippen molar-refractivity contribution in [3.63, 3.8) is 0 Å². The zero-order chi connectivity index (χ0) is 18.6. The topological polar surface area (TPSA) is 12.0 Å². The zero-order valence-corrected chi connectivity index (χ0v) is 17.9. The van der Waals surface area contributed by atoms with Gasteiger partial charge < -0.3 is 0 Å². The quantitative estimate of drug-likeness (QED) is 0.502. The van der Waals surface area contributed by atoms with Crippen molar-refractivity contribution in [1.29, 1.82) is 0 Å². The summed E-state index contributed by atoms with van der Waals surface area (Å²) in [7, 11) is -0.493. The second kappa shape index (κ2) is 6.15. The molecule has 134 valence electrons. The van der Waals surface area contributed by atoms with E-state index in [0.29, 0.717) is 6.04 Å². The maximum atomic E-state index is 3.88. The molecule has 0 radical (unpaired) electrons. The van der Waals surface area contributed by atoms with Crippen molar-refractivity contribution >= 4 is 28.7 Å². The third kappa shape index (κ3) is 3.50. The largest absolute Gasteiger partial charge is 0.271 e. The van der Waals surface area contributed by atoms with Gasteiger partial charge in [0.05, 0.1) is 0 Å². The highest BCUT2D eigenvalue weighted by Gasteiger charge is 2.20. The van der Waals surface area contributed by atoms with Gasteiger partial charge in [0, 0.05) is 16.3 Å². The molecule has 0 saturated carbocycles. The van der Waals surface area contributed by atoms with Crippen LogP contribution in [0, 0.1) is 0 Å². The van der Waals surface area contributed by atoms with Crippen LogP contribution in [0.4, 0.5) is 0 Å². The van der Waals surface area contributed by atoms with E-state index in [0.717, 1.165) is 0 Å². The molecule has 3 aromatic rings. The normalized spacial score (nSPS) is 13.3. The summed E-state index contributed by atoms with van der Waals surface area (Å²) < 4.78 is 0. The lowest BCUT2D eigenvalue weighted by Gasteiger charge is -2.20. The number of rotatable bonds is 2. The Hall–Kier alpha value is -1.30. The van der Waals surface area contributed by atoms with Crippen molar-refractivity contribution in [2.45, 2.75) is 72.3 Å². The maximum absolute atomic E-state index is 3.88. The first kappa shape index (κ1) is 18.5. The summed E-state index contributed by atoms with van der Waals surface area (Å²) in [6.07, 6.45) is 0. The summed E-state index contributed by atoms with van der Waals surface area (Å²) in [5.41, 5.74) is 3.21. The van der Waals surface area contributed by atoms with Gasteiger partial charge in [-0.3, -0.25) is 5.09 Å². The smallest absolute Gasteiger partial charge is 0.0167 e. The highest BCUT2D eigenvalue weighted by molar-refractivity contribution is 7.62. The summed E-state index contributed by atoms with van der Waals surface area (Å²) in [5.74, 6) is 0. The third-order valence-corrected chi connectivity index (χ3v) is 7.37. The van der Waals surface area contributed by atoms with Crippen LogP contribution in [0.5, 0.6) is 0 Å². The van der Waals surface area contributed by atoms with Gasteiger partial charge in [-0.15, -0.1) is 0 Å². The van der Waals surface area contributed by atoms with Crippen molar-refractivity contribution in [3.05, 3.63) is 47.5 Å². The Morgan fingerprint density at radius 3 is 1.44 bits per heavy atom. The molecule has 0 unspecified atom stereocenters. The minimum atomic E-state index is -0.493. The van der Waals surface area contributed by atoms with Crippen LogP contribution in [0.15, 0.2) is 36.4 Å². The van der Waals surface area contributed by atoms with Crippen molar-refractivity contribution in [1.82, 2.24) is 0 Å². The van der Waals surface area contributed by atoms with Crippen LogP contribution in [-0.4, -0.2) is 6.04 Å². The lowest BCUT2D eigenvalue weighted by molar-refractivity contribution is 0.591. The lowest BCUT2D eigenvalue weighted by atomic mass is 9.86. The number of fused-ring (bicyclic) bond motifs is 3. The molecule has 0 aliphatic carbocycles. The van der Waals surface area contributed by atoms with Gasteiger partial charge in [0.2, 0.25) is 0 Å². The summed E-state index contributed by atoms with van der Waals surface area (Å²) in [6.45, 7) is 18.3. The van der Waals surface area contributed by atoms with E-state index in [1.807, 2.05) is 0 Å². The molecule has 2 aromatic carbocycles. The number of hydrogen-bond donors (Lipinski definition) is 1. The molecule has 2 heteroatoms. The molecule has 1 aromatic heterocycles. The summed E-state index contributed by atoms with van der Waals surface area (Å²) in [5, 5.41) is 9.71. The molecule has 0 aliphatic rings. The van der Waals surface area contributed by atoms with E-state index in [4.69, 9.17) is 0 Å². The lowest BCUT2D eigenvalue weighted by Crippen LogP contribution is -2.10. The molecule has 0 saturated heterocycles. The van der Waals surface area contributed by atoms with E-state index < -0.39 is 7.68 Å². The standard InChI is InChI=1S/C23H32NP/c1-15(2)24-25-20-13-16(22(3,4)5)9-11-18(20)19-12-10-17(14-21(19)25)23(6,7)8/h9-15,24H,1-8H3. The molecular formula is C23H32NP. The first-order valence-electron chi connectivity index (χ1n) is 9.34. The minimum Gasteiger partial charge on any atom is -0.271 e. The Morgan fingerprint density at radius 2 is 1.12 bits per heavy atom. The molecule has 0 bridgehead atoms. The average Bonchev–Trinajstić information content (AvgIpc) is 2.78. The number of hydrogen-bond acceptors (Lipinski definition) is 1. The van der Waals surface area contributed by atoms with E-state index in [-0.39, 0.29) is 10.8 Å². The van der Waals surface area contributed by atoms with E-state index in [2.05, 4.69) is 96.9 Å². The molecule has 0 fully saturated rings. The molecule has 25 heavy (non-hydrogen) atoms. The molecule has 1 heterocycles. The monoisotopic (exact) mass is 353 g/mol. The SMILES string of the molecule is CC(C)Np1c2cc(C(C)(C)C)ccc2c2ccc(C(C)(C)C)cc21. The fourth-order valence-electron chi connectivity index (χ4n) is 3.35. The fourth-order valence-corrected chi connectivity index (χ4v) is 5.81. The first-order chi connectivity index (χ1) is 11.5. The Labute approximate surface area is 153 Å². The highest BCUT2D eigenvalue weighted by Crippen LogP contribution is 2.49. The fraction of sp³-hybridized carbons (Fsp3) is 0.478. The summed E-state index contributed by atoms with van der Waals surface area (Å²) in [6, 6.07) is 14.7. The Kier molecular flexibility index (Phi) is 4.55. The van der Waals surface area contributed by atoms with Crippen LogP contribution in [0.25, 0.3) is 21.0 Å². The van der Waals surface area contributed by atoms with Crippen molar-refractivity contribution in [3.8, 4) is 0 Å². The van der Waals surface area contributed by atoms with Crippen molar-refractivity contribution in [2.75, 3.05) is 5.09 Å². The Morgan fingerprint density at radius 1 is 0.720 bits per heavy atom. The van der Waals surface area contributed by atoms with Gasteiger partial charge in [-0.1, -0.05) is 65.8 Å². The van der Waals surface area contributed by atoms with Gasteiger partial charge >= 0.3 is 0 Å². The Bertz CT molecular complexity index is 846. The van der Waals surface area contributed by atoms with Gasteiger partial charge in [-0.25, -0.2) is 0 Å². The molecular weight excluding hydrogens is 321 g/mol. The molecule has 1 nitrogen and oxygen atoms in total. The van der Waals surface area contributed by atoms with E-state index in [1.165, 1.54) is 32.1 Å². The number of benzene rings is 2. The van der Waals surface area contributed by atoms with Gasteiger partial charge in [0.15, 0.2) is 0 Å². The number of nitrogens with one attached hydrogen (secondary N) is 1. The van der Waals surface area contributed by atoms with E-state index >= 15 is 0 Å². The molecule has 1 N–H and O–H groups in total. The van der Waals surface area contributed by atoms with Crippen LogP contribution in [-0.2, 0) is 10.8 Å². The molecule has 0 aliphatic heterocycles. The van der Waals surface area contributed by atoms with Gasteiger partial charge in [-0.05, 0) is 66.4 Å². The zero-order valence-electron chi connectivity index (χ0n) is 17.0. The molecule has 0 spiro atoms. The molecule has 0 amide bonds. The van der Waals surface area contributed by atoms with Crippen LogP contribution in [0.1, 0.15) is 66.5 Å². The van der Waals surface area contributed by atoms with Crippen LogP contribution in [0.2, 0.25) is 0 Å². The van der Waals surface area contributed by atoms with Gasteiger partial charge in [0.25, 0.3) is 0 Å². The second-order valence-electron chi connectivity index (χ2n) is 9.58. The minimum absolute atomic E-state index is 0.180. The highest BCUT2D eigenvalue weighted by atomic mass is 31.1. The van der Waals surface area contributed by atoms with Crippen molar-refractivity contribution < 1.29 is 0 Å². The predicted molar refractivity (Wildman–Crippen MR) is 116 cm³/mol. The first-order valence-corrected chi connectivity index (χ1v) is 10.7. The van der Waals surface area contributed by atoms with Crippen LogP contribution in [0.3, 0.4) is 0 Å². The molecule has 0 atom stereocenters. The maximum Gasteiger partial charge on any atom is 0.0167 e. The summed E-state index contributed by atoms with van der Waals surface area (Å²) in [4.78, 5) is 0. The third-order valence-electron chi connectivity index (χ3n) is 4.89. The van der Waals surface area contributed by atoms with E-state index in [1.54, 1.807) is 0 Å². The van der Waals surface area contributed by atoms with Crippen molar-refractivity contribution in [2.24, 2.45) is 0 Å². The summed E-state index contributed by atoms with van der Waals surface area (Å²) >= 11 is 0. The Balaban J connectivity index is 2.37. The van der Waals surface area contributed by atoms with Gasteiger partial charge in [0.1, 0.15) is 0 Å². The molecule has 3 rings (SSSR count). The van der Waals surface area contributed by atoms with E-state index in [9.17, 15) is 0 Å². The van der Waals surface area contributed by atoms with Crippen LogP contribution < -0.4 is 5.09 Å². The predicted octanol–water partition coefficient (Wildman–Crippen LogP) is 7.53. The van der Waals surface area contributed by atoms with Gasteiger partial charge in [-0.2, -0.15) is 0 Å². The average molecular weight is 353 g/mol. The second-order valence-corrected chi connectivity index (χ2v) is 11.5. The van der Waals surface area contributed by atoms with Crippen LogP contribution >= 0.6 is 7.68 Å².